The van der Waals surface area contributed by atoms with E-state index in [2.05, 4.69) is 0 Å². The van der Waals surface area contributed by atoms with Gasteiger partial charge in [-0.05, 0) is 53.7 Å². The molecule has 238 valence electrons. The first kappa shape index (κ1) is 31.6. The van der Waals surface area contributed by atoms with Gasteiger partial charge in [0.15, 0.2) is 5.75 Å². The third-order valence-corrected chi connectivity index (χ3v) is 8.17. The van der Waals surface area contributed by atoms with Gasteiger partial charge in [0.05, 0.1) is 17.2 Å². The van der Waals surface area contributed by atoms with E-state index < -0.39 is 46.8 Å². The van der Waals surface area contributed by atoms with Crippen LogP contribution in [0.5, 0.6) is 11.5 Å². The number of nitrogens with zero attached hydrogens (tertiary/aromatic N) is 4. The molecule has 5 rings (SSSR count). The van der Waals surface area contributed by atoms with Crippen molar-refractivity contribution in [3.05, 3.63) is 34.6 Å². The molecule has 3 aliphatic rings. The van der Waals surface area contributed by atoms with Gasteiger partial charge in [0, 0.05) is 38.1 Å². The fourth-order valence-corrected chi connectivity index (χ4v) is 6.45. The molecule has 0 saturated carbocycles. The number of hydrogen-bond acceptors (Lipinski definition) is 9. The van der Waals surface area contributed by atoms with Crippen LogP contribution in [0.1, 0.15) is 58.3 Å². The van der Waals surface area contributed by atoms with Gasteiger partial charge in [-0.15, -0.1) is 0 Å². The highest BCUT2D eigenvalue weighted by atomic mass is 35.5. The predicted molar refractivity (Wildman–Crippen MR) is 158 cm³/mol. The van der Waals surface area contributed by atoms with Gasteiger partial charge in [-0.3, -0.25) is 4.79 Å². The van der Waals surface area contributed by atoms with Gasteiger partial charge in [0.1, 0.15) is 45.9 Å². The normalized spacial score (nSPS) is 23.0. The van der Waals surface area contributed by atoms with Gasteiger partial charge >= 0.3 is 12.2 Å². The Balaban J connectivity index is 1.70. The molecule has 2 atom stereocenters. The zero-order chi connectivity index (χ0) is 32.4. The summed E-state index contributed by atoms with van der Waals surface area (Å²) >= 11 is 6.90. The number of ether oxygens (including phenoxy) is 3. The van der Waals surface area contributed by atoms with E-state index in [0.717, 1.165) is 6.07 Å². The number of carbonyl (C=O) groups is 3. The number of anilines is 1. The Kier molecular flexibility index (Phi) is 7.86. The number of amides is 2. The van der Waals surface area contributed by atoms with Crippen LogP contribution in [0.25, 0.3) is 11.3 Å². The van der Waals surface area contributed by atoms with Crippen LogP contribution in [0.2, 0.25) is 5.02 Å². The Morgan fingerprint density at radius 1 is 1.18 bits per heavy atom. The summed E-state index contributed by atoms with van der Waals surface area (Å²) in [5, 5.41) is 20.4. The van der Waals surface area contributed by atoms with E-state index in [1.807, 2.05) is 13.8 Å². The van der Waals surface area contributed by atoms with Gasteiger partial charge < -0.3 is 39.1 Å². The van der Waals surface area contributed by atoms with E-state index in [1.165, 1.54) is 21.9 Å². The van der Waals surface area contributed by atoms with E-state index >= 15 is 4.39 Å². The van der Waals surface area contributed by atoms with E-state index in [-0.39, 0.29) is 71.9 Å². The van der Waals surface area contributed by atoms with Crippen LogP contribution in [0.15, 0.2) is 18.2 Å². The molecule has 44 heavy (non-hydrogen) atoms. The number of pyridine rings is 1. The lowest BCUT2D eigenvalue weighted by atomic mass is 9.94. The molecule has 2 N–H and O–H groups in total. The number of halogens is 2. The molecule has 1 aromatic carbocycles. The Hall–Kier alpha value is -3.84. The summed E-state index contributed by atoms with van der Waals surface area (Å²) in [4.78, 5) is 47.8. The van der Waals surface area contributed by atoms with Gasteiger partial charge in [-0.2, -0.15) is 0 Å². The quantitative estimate of drug-likeness (QED) is 0.357. The first-order valence-corrected chi connectivity index (χ1v) is 14.6. The molecule has 2 aromatic rings. The van der Waals surface area contributed by atoms with Gasteiger partial charge in [-0.25, -0.2) is 19.0 Å². The topological polar surface area (TPSA) is 142 Å². The maximum absolute atomic E-state index is 15.7. The number of benzene rings is 1. The minimum atomic E-state index is -1.15. The van der Waals surface area contributed by atoms with Crippen molar-refractivity contribution in [1.82, 2.24) is 14.8 Å². The molecule has 1 unspecified atom stereocenters. The van der Waals surface area contributed by atoms with Crippen LogP contribution in [-0.4, -0.2) is 98.7 Å². The second kappa shape index (κ2) is 11.0. The number of aromatic nitrogens is 1. The van der Waals surface area contributed by atoms with Crippen molar-refractivity contribution in [2.45, 2.75) is 70.7 Å². The number of carboxylic acid groups (broad SMARTS) is 1. The zero-order valence-corrected chi connectivity index (χ0v) is 26.2. The Morgan fingerprint density at radius 3 is 2.50 bits per heavy atom. The lowest BCUT2D eigenvalue weighted by Gasteiger charge is -2.39. The number of rotatable bonds is 3. The first-order valence-electron chi connectivity index (χ1n) is 14.2. The van der Waals surface area contributed by atoms with Crippen molar-refractivity contribution in [3.63, 3.8) is 0 Å². The van der Waals surface area contributed by atoms with Crippen LogP contribution in [0.4, 0.5) is 19.8 Å². The summed E-state index contributed by atoms with van der Waals surface area (Å²) in [5.74, 6) is -1.48. The fraction of sp³-hybridized carbons (Fsp3) is 0.533. The molecule has 0 spiro atoms. The molecule has 2 amide bonds. The number of carbonyl (C=O) groups excluding carboxylic acids is 2. The molecule has 12 nitrogen and oxygen atoms in total. The standard InChI is InChI=1S/C30H36ClFN4O8/c1-28(2,3)44-27(40)43-18-9-7-8-17(32)19(18)22-21(31)23-20(24(33-22)36-15-30(6,41)14-29(36,4)5)25(37)35-11-10-34(26(38)39)12-16(35)13-42-23/h7-9,16,41H,10-15H2,1-6H3,(H,38,39)/t16-,30?/m1/s1. The molecular formula is C30H36ClFN4O8. The van der Waals surface area contributed by atoms with Crippen LogP contribution in [0.3, 0.4) is 0 Å². The van der Waals surface area contributed by atoms with Gasteiger partial charge in [0.2, 0.25) is 0 Å². The lowest BCUT2D eigenvalue weighted by Crippen LogP contribution is -2.57. The van der Waals surface area contributed by atoms with Gasteiger partial charge in [-0.1, -0.05) is 17.7 Å². The smallest absolute Gasteiger partial charge is 0.489 e. The Labute approximate surface area is 259 Å². The third kappa shape index (κ3) is 5.94. The molecule has 1 aromatic heterocycles. The molecule has 0 aliphatic carbocycles. The fourth-order valence-electron chi connectivity index (χ4n) is 6.16. The SMILES string of the molecule is CC1(O)CN(c2nc(-c3c(F)cccc3OC(=O)OC(C)(C)C)c(Cl)c3c2C(=O)N2CCN(C(=O)O)C[C@@H]2CO3)C(C)(C)C1. The molecular weight excluding hydrogens is 599 g/mol. The summed E-state index contributed by atoms with van der Waals surface area (Å²) < 4.78 is 32.5. The van der Waals surface area contributed by atoms with E-state index in [9.17, 15) is 24.6 Å². The number of fused-ring (bicyclic) bond motifs is 2. The highest BCUT2D eigenvalue weighted by Gasteiger charge is 2.49. The van der Waals surface area contributed by atoms with Crippen molar-refractivity contribution in [1.29, 1.82) is 0 Å². The third-order valence-electron chi connectivity index (χ3n) is 7.82. The average molecular weight is 635 g/mol. The minimum absolute atomic E-state index is 0.0155. The monoisotopic (exact) mass is 634 g/mol. The van der Waals surface area contributed by atoms with Crippen LogP contribution in [-0.2, 0) is 4.74 Å². The van der Waals surface area contributed by atoms with Crippen molar-refractivity contribution in [2.75, 3.05) is 37.7 Å². The predicted octanol–water partition coefficient (Wildman–Crippen LogP) is 4.79. The van der Waals surface area contributed by atoms with E-state index in [4.69, 9.17) is 30.8 Å². The summed E-state index contributed by atoms with van der Waals surface area (Å²) in [5.41, 5.74) is -3.14. The highest BCUT2D eigenvalue weighted by Crippen LogP contribution is 2.49. The molecule has 2 fully saturated rings. The maximum atomic E-state index is 15.7. The second-order valence-electron chi connectivity index (χ2n) is 13.2. The minimum Gasteiger partial charge on any atom is -0.489 e. The van der Waals surface area contributed by atoms with Gasteiger partial charge in [0.25, 0.3) is 5.91 Å². The maximum Gasteiger partial charge on any atom is 0.514 e. The molecule has 2 saturated heterocycles. The zero-order valence-electron chi connectivity index (χ0n) is 25.4. The van der Waals surface area contributed by atoms with E-state index in [1.54, 1.807) is 32.6 Å². The first-order chi connectivity index (χ1) is 20.4. The van der Waals surface area contributed by atoms with E-state index in [0.29, 0.717) is 6.42 Å². The molecule has 3 aliphatic heterocycles. The molecule has 14 heteroatoms. The van der Waals surface area contributed by atoms with Crippen molar-refractivity contribution in [2.24, 2.45) is 0 Å². The summed E-state index contributed by atoms with van der Waals surface area (Å²) in [6.45, 7) is 10.6. The number of β-amino-alcohol motifs (C(OH)–C–C–N with tert-alkyl or cyclic N) is 1. The Bertz CT molecular complexity index is 1530. The molecule has 0 bridgehead atoms. The van der Waals surface area contributed by atoms with Crippen LogP contribution < -0.4 is 14.4 Å². The summed E-state index contributed by atoms with van der Waals surface area (Å²) in [6.07, 6.45) is -1.85. The van der Waals surface area contributed by atoms with Crippen LogP contribution in [0, 0.1) is 5.82 Å². The summed E-state index contributed by atoms with van der Waals surface area (Å²) in [6, 6.07) is 3.24. The molecule has 0 radical (unpaired) electrons. The largest absolute Gasteiger partial charge is 0.514 e. The number of piperazine rings is 1. The summed E-state index contributed by atoms with van der Waals surface area (Å²) in [7, 11) is 0. The van der Waals surface area contributed by atoms with Crippen LogP contribution >= 0.6 is 11.6 Å². The van der Waals surface area contributed by atoms with Crippen molar-refractivity contribution < 1.29 is 43.2 Å². The highest BCUT2D eigenvalue weighted by molar-refractivity contribution is 6.35. The second-order valence-corrected chi connectivity index (χ2v) is 13.6. The number of hydrogen-bond donors (Lipinski definition) is 2. The van der Waals surface area contributed by atoms with Crippen molar-refractivity contribution >= 4 is 35.6 Å². The van der Waals surface area contributed by atoms with Crippen molar-refractivity contribution in [3.8, 4) is 22.8 Å². The Morgan fingerprint density at radius 2 is 1.89 bits per heavy atom. The lowest BCUT2D eigenvalue weighted by molar-refractivity contribution is 0.0206. The average Bonchev–Trinajstić information content (AvgIpc) is 3.02. The number of aliphatic hydroxyl groups is 1. The molecule has 4 heterocycles.